The van der Waals surface area contributed by atoms with Gasteiger partial charge in [-0.3, -0.25) is 0 Å². The lowest BCUT2D eigenvalue weighted by molar-refractivity contribution is -0.127. The van der Waals surface area contributed by atoms with E-state index in [1.165, 1.54) is 11.1 Å². The monoisotopic (exact) mass is 486 g/mol. The zero-order valence-corrected chi connectivity index (χ0v) is 21.0. The van der Waals surface area contributed by atoms with E-state index in [2.05, 4.69) is 60.1 Å². The van der Waals surface area contributed by atoms with Crippen LogP contribution < -0.4 is 20.1 Å². The highest BCUT2D eigenvalue weighted by atomic mass is 16.5. The number of benzene rings is 2. The van der Waals surface area contributed by atoms with Gasteiger partial charge < -0.3 is 24.8 Å². The summed E-state index contributed by atoms with van der Waals surface area (Å²) in [5.41, 5.74) is 9.41. The standard InChI is InChI=1S/C29H34N4O3/c1-28(2,21-5-9-25(10-6-21)36-26-13-22(30)14-26)20-3-7-24(8-4-20)35-15-23-11-12-31-27(32-23)33-16-29(17-33)18-34-19-29/h3-12,22,26H,13-19,30H2,1-2H3/t22-,26+. The average Bonchev–Trinajstić information content (AvgIpc) is 2.81. The second-order valence-electron chi connectivity index (χ2n) is 11.1. The van der Waals surface area contributed by atoms with E-state index >= 15 is 0 Å². The van der Waals surface area contributed by atoms with Gasteiger partial charge >= 0.3 is 0 Å². The number of rotatable bonds is 8. The summed E-state index contributed by atoms with van der Waals surface area (Å²) in [6.45, 7) is 8.54. The van der Waals surface area contributed by atoms with Crippen molar-refractivity contribution in [3.63, 3.8) is 0 Å². The molecule has 2 saturated heterocycles. The van der Waals surface area contributed by atoms with Crippen molar-refractivity contribution < 1.29 is 14.2 Å². The lowest BCUT2D eigenvalue weighted by Gasteiger charge is -2.54. The third-order valence-electron chi connectivity index (χ3n) is 7.83. The van der Waals surface area contributed by atoms with Crippen molar-refractivity contribution >= 4 is 5.95 Å². The van der Waals surface area contributed by atoms with E-state index in [4.69, 9.17) is 24.9 Å². The van der Waals surface area contributed by atoms with Crippen LogP contribution in [0.2, 0.25) is 0 Å². The molecule has 0 radical (unpaired) electrons. The van der Waals surface area contributed by atoms with Gasteiger partial charge in [0.25, 0.3) is 0 Å². The summed E-state index contributed by atoms with van der Waals surface area (Å²) >= 11 is 0. The van der Waals surface area contributed by atoms with E-state index in [0.717, 1.165) is 62.3 Å². The predicted octanol–water partition coefficient (Wildman–Crippen LogP) is 4.09. The molecule has 1 spiro atoms. The molecule has 2 aromatic carbocycles. The molecule has 1 aliphatic carbocycles. The van der Waals surface area contributed by atoms with Crippen LogP contribution in [0.25, 0.3) is 0 Å². The van der Waals surface area contributed by atoms with Gasteiger partial charge in [0.05, 0.1) is 24.3 Å². The largest absolute Gasteiger partial charge is 0.490 e. The third-order valence-corrected chi connectivity index (χ3v) is 7.83. The summed E-state index contributed by atoms with van der Waals surface area (Å²) in [6.07, 6.45) is 3.95. The summed E-state index contributed by atoms with van der Waals surface area (Å²) < 4.78 is 17.4. The molecule has 36 heavy (non-hydrogen) atoms. The minimum absolute atomic E-state index is 0.141. The fraction of sp³-hybridized carbons (Fsp3) is 0.448. The van der Waals surface area contributed by atoms with Gasteiger partial charge in [0.1, 0.15) is 24.2 Å². The van der Waals surface area contributed by atoms with Crippen molar-refractivity contribution in [1.82, 2.24) is 9.97 Å². The van der Waals surface area contributed by atoms with Crippen LogP contribution in [0.15, 0.2) is 60.8 Å². The molecule has 7 heteroatoms. The molecule has 2 aliphatic heterocycles. The Kier molecular flexibility index (Phi) is 5.85. The lowest BCUT2D eigenvalue weighted by Crippen LogP contribution is -2.66. The van der Waals surface area contributed by atoms with Gasteiger partial charge in [-0.05, 0) is 54.3 Å². The first-order chi connectivity index (χ1) is 17.4. The molecule has 3 aromatic rings. The van der Waals surface area contributed by atoms with E-state index in [0.29, 0.717) is 18.1 Å². The highest BCUT2D eigenvalue weighted by Gasteiger charge is 2.49. The molecular weight excluding hydrogens is 452 g/mol. The van der Waals surface area contributed by atoms with Gasteiger partial charge in [0.2, 0.25) is 5.95 Å². The number of hydrogen-bond donors (Lipinski definition) is 1. The molecule has 3 fully saturated rings. The van der Waals surface area contributed by atoms with Gasteiger partial charge in [0, 0.05) is 30.7 Å². The molecule has 6 rings (SSSR count). The van der Waals surface area contributed by atoms with Crippen LogP contribution in [0.5, 0.6) is 11.5 Å². The number of anilines is 1. The van der Waals surface area contributed by atoms with Gasteiger partial charge in [-0.2, -0.15) is 0 Å². The second kappa shape index (κ2) is 9.05. The highest BCUT2D eigenvalue weighted by molar-refractivity contribution is 5.42. The molecule has 3 aliphatic rings. The Morgan fingerprint density at radius 2 is 1.61 bits per heavy atom. The fourth-order valence-corrected chi connectivity index (χ4v) is 5.23. The van der Waals surface area contributed by atoms with Crippen LogP contribution in [-0.2, 0) is 16.8 Å². The summed E-state index contributed by atoms with van der Waals surface area (Å²) in [4.78, 5) is 11.4. The van der Waals surface area contributed by atoms with Crippen molar-refractivity contribution in [2.45, 2.75) is 50.9 Å². The zero-order valence-electron chi connectivity index (χ0n) is 21.0. The molecule has 0 amide bonds. The summed E-state index contributed by atoms with van der Waals surface area (Å²) in [5, 5.41) is 0. The van der Waals surface area contributed by atoms with E-state index in [1.54, 1.807) is 0 Å². The minimum Gasteiger partial charge on any atom is -0.490 e. The second-order valence-corrected chi connectivity index (χ2v) is 11.1. The van der Waals surface area contributed by atoms with Crippen molar-refractivity contribution in [3.05, 3.63) is 77.6 Å². The maximum atomic E-state index is 6.05. The van der Waals surface area contributed by atoms with Gasteiger partial charge in [-0.25, -0.2) is 9.97 Å². The van der Waals surface area contributed by atoms with E-state index in [-0.39, 0.29) is 11.5 Å². The van der Waals surface area contributed by atoms with Gasteiger partial charge in [-0.1, -0.05) is 38.1 Å². The van der Waals surface area contributed by atoms with Crippen molar-refractivity contribution in [3.8, 4) is 11.5 Å². The molecule has 2 N–H and O–H groups in total. The van der Waals surface area contributed by atoms with Crippen molar-refractivity contribution in [2.24, 2.45) is 11.1 Å². The molecule has 3 heterocycles. The van der Waals surface area contributed by atoms with Crippen LogP contribution in [0, 0.1) is 5.41 Å². The van der Waals surface area contributed by atoms with E-state index in [1.807, 2.05) is 24.4 Å². The quantitative estimate of drug-likeness (QED) is 0.514. The van der Waals surface area contributed by atoms with Crippen LogP contribution in [-0.4, -0.2) is 48.4 Å². The third kappa shape index (κ3) is 4.53. The maximum Gasteiger partial charge on any atom is 0.225 e. The molecule has 1 saturated carbocycles. The SMILES string of the molecule is CC(C)(c1ccc(OCc2ccnc(N3CC4(COC4)C3)n2)cc1)c1ccc(O[C@H]2C[C@@H](N)C2)cc1. The zero-order chi connectivity index (χ0) is 24.8. The van der Waals surface area contributed by atoms with Crippen molar-refractivity contribution in [1.29, 1.82) is 0 Å². The Labute approximate surface area is 212 Å². The molecule has 1 aromatic heterocycles. The normalized spacial score (nSPS) is 22.4. The number of ether oxygens (including phenoxy) is 3. The van der Waals surface area contributed by atoms with E-state index in [9.17, 15) is 0 Å². The summed E-state index contributed by atoms with van der Waals surface area (Å²) in [6, 6.07) is 19.0. The number of hydrogen-bond acceptors (Lipinski definition) is 7. The molecule has 0 atom stereocenters. The smallest absolute Gasteiger partial charge is 0.225 e. The van der Waals surface area contributed by atoms with Crippen molar-refractivity contribution in [2.75, 3.05) is 31.2 Å². The minimum atomic E-state index is -0.141. The van der Waals surface area contributed by atoms with Crippen LogP contribution in [0.3, 0.4) is 0 Å². The van der Waals surface area contributed by atoms with Crippen LogP contribution in [0.1, 0.15) is 43.5 Å². The summed E-state index contributed by atoms with van der Waals surface area (Å²) in [5.74, 6) is 2.51. The maximum absolute atomic E-state index is 6.05. The topological polar surface area (TPSA) is 82.7 Å². The Balaban J connectivity index is 1.05. The summed E-state index contributed by atoms with van der Waals surface area (Å²) in [7, 11) is 0. The Bertz CT molecular complexity index is 1190. The molecule has 188 valence electrons. The number of aromatic nitrogens is 2. The predicted molar refractivity (Wildman–Crippen MR) is 138 cm³/mol. The highest BCUT2D eigenvalue weighted by Crippen LogP contribution is 2.39. The molecule has 0 bridgehead atoms. The first-order valence-corrected chi connectivity index (χ1v) is 12.8. The van der Waals surface area contributed by atoms with Gasteiger partial charge in [-0.15, -0.1) is 0 Å². The number of nitrogens with zero attached hydrogens (tertiary/aromatic N) is 3. The first-order valence-electron chi connectivity index (χ1n) is 12.8. The first kappa shape index (κ1) is 23.3. The average molecular weight is 487 g/mol. The lowest BCUT2D eigenvalue weighted by atomic mass is 9.78. The molecule has 0 unspecified atom stereocenters. The Morgan fingerprint density at radius 3 is 2.19 bits per heavy atom. The van der Waals surface area contributed by atoms with Crippen LogP contribution in [0.4, 0.5) is 5.95 Å². The molecular formula is C29H34N4O3. The number of nitrogens with two attached hydrogens (primary N) is 1. The van der Waals surface area contributed by atoms with E-state index < -0.39 is 0 Å². The van der Waals surface area contributed by atoms with Gasteiger partial charge in [0.15, 0.2) is 0 Å². The van der Waals surface area contributed by atoms with Crippen LogP contribution >= 0.6 is 0 Å². The Hall–Kier alpha value is -3.16. The Morgan fingerprint density at radius 1 is 0.972 bits per heavy atom. The molecule has 7 nitrogen and oxygen atoms in total. The fourth-order valence-electron chi connectivity index (χ4n) is 5.23.